The molecular weight excluding hydrogens is 332 g/mol. The van der Waals surface area contributed by atoms with Crippen molar-refractivity contribution in [2.45, 2.75) is 43.7 Å². The topological polar surface area (TPSA) is 116 Å². The number of nitrogens with zero attached hydrogens (tertiary/aromatic N) is 5. The van der Waals surface area contributed by atoms with Crippen LogP contribution in [0.4, 0.5) is 0 Å². The highest BCUT2D eigenvalue weighted by Crippen LogP contribution is 2.27. The highest BCUT2D eigenvalue weighted by molar-refractivity contribution is 7.89. The van der Waals surface area contributed by atoms with E-state index >= 15 is 0 Å². The number of nitrogens with one attached hydrogen (secondary N) is 1. The molecule has 10 heteroatoms. The van der Waals surface area contributed by atoms with Crippen LogP contribution < -0.4 is 4.72 Å². The number of aromatic nitrogens is 5. The first-order chi connectivity index (χ1) is 11.6. The van der Waals surface area contributed by atoms with Gasteiger partial charge >= 0.3 is 0 Å². The van der Waals surface area contributed by atoms with Crippen molar-refractivity contribution in [3.05, 3.63) is 29.8 Å². The van der Waals surface area contributed by atoms with Gasteiger partial charge in [0.2, 0.25) is 10.0 Å². The number of rotatable bonds is 4. The maximum Gasteiger partial charge on any atom is 0.243 e. The molecule has 9 nitrogen and oxygen atoms in total. The van der Waals surface area contributed by atoms with Crippen molar-refractivity contribution in [1.82, 2.24) is 29.8 Å². The Bertz CT molecular complexity index is 993. The number of hydrogen-bond donors (Lipinski definition) is 1. The summed E-state index contributed by atoms with van der Waals surface area (Å²) < 4.78 is 34.8. The Hall–Kier alpha value is -2.33. The molecule has 0 spiro atoms. The van der Waals surface area contributed by atoms with Crippen molar-refractivity contribution < 1.29 is 13.0 Å². The molecule has 1 N–H and O–H groups in total. The molecule has 0 saturated heterocycles. The van der Waals surface area contributed by atoms with Gasteiger partial charge in [0.15, 0.2) is 11.3 Å². The molecule has 1 aromatic carbocycles. The molecule has 3 aromatic rings. The molecule has 1 atom stereocenters. The highest BCUT2D eigenvalue weighted by Gasteiger charge is 2.30. The minimum absolute atomic E-state index is 0.0496. The molecule has 0 fully saturated rings. The van der Waals surface area contributed by atoms with Gasteiger partial charge in [-0.05, 0) is 35.3 Å². The minimum Gasteiger partial charge on any atom is -0.248 e. The minimum atomic E-state index is -3.79. The first-order valence-electron chi connectivity index (χ1n) is 7.75. The molecule has 126 valence electrons. The summed E-state index contributed by atoms with van der Waals surface area (Å²) in [5.74, 6) is 1.38. The fraction of sp³-hybridized carbons (Fsp3) is 0.429. The predicted molar refractivity (Wildman–Crippen MR) is 83.5 cm³/mol. The summed E-state index contributed by atoms with van der Waals surface area (Å²) in [5.41, 5.74) is 0.620. The fourth-order valence-corrected chi connectivity index (χ4v) is 4.29. The average Bonchev–Trinajstić information content (AvgIpc) is 3.20. The van der Waals surface area contributed by atoms with Crippen molar-refractivity contribution in [2.24, 2.45) is 0 Å². The predicted octanol–water partition coefficient (Wildman–Crippen LogP) is 1.19. The van der Waals surface area contributed by atoms with Crippen molar-refractivity contribution in [2.75, 3.05) is 0 Å². The van der Waals surface area contributed by atoms with Gasteiger partial charge in [-0.3, -0.25) is 0 Å². The maximum atomic E-state index is 12.8. The fourth-order valence-electron chi connectivity index (χ4n) is 2.91. The average molecular weight is 348 g/mol. The van der Waals surface area contributed by atoms with Gasteiger partial charge in [0.1, 0.15) is 16.2 Å². The van der Waals surface area contributed by atoms with Gasteiger partial charge in [0.25, 0.3) is 0 Å². The Labute approximate surface area is 138 Å². The summed E-state index contributed by atoms with van der Waals surface area (Å²) in [7, 11) is -3.79. The largest absolute Gasteiger partial charge is 0.248 e. The molecule has 2 aromatic heterocycles. The summed E-state index contributed by atoms with van der Waals surface area (Å²) in [4.78, 5) is 4.51. The van der Waals surface area contributed by atoms with E-state index in [0.717, 1.165) is 18.8 Å². The van der Waals surface area contributed by atoms with E-state index in [2.05, 4.69) is 29.7 Å². The zero-order chi connectivity index (χ0) is 16.7. The van der Waals surface area contributed by atoms with Gasteiger partial charge in [-0.1, -0.05) is 13.0 Å². The van der Waals surface area contributed by atoms with Gasteiger partial charge in [-0.15, -0.1) is 0 Å². The monoisotopic (exact) mass is 348 g/mol. The molecule has 0 bridgehead atoms. The van der Waals surface area contributed by atoms with Crippen LogP contribution in [0, 0.1) is 0 Å². The van der Waals surface area contributed by atoms with Crippen molar-refractivity contribution in [1.29, 1.82) is 0 Å². The van der Waals surface area contributed by atoms with Crippen LogP contribution in [0.25, 0.3) is 11.0 Å². The smallest absolute Gasteiger partial charge is 0.243 e. The summed E-state index contributed by atoms with van der Waals surface area (Å²) in [6, 6.07) is 4.33. The Morgan fingerprint density at radius 1 is 1.38 bits per heavy atom. The number of fused-ring (bicyclic) bond motifs is 2. The lowest BCUT2D eigenvalue weighted by Crippen LogP contribution is -2.33. The molecule has 24 heavy (non-hydrogen) atoms. The molecular formula is C14H16N6O3S. The standard InChI is InChI=1S/C14H16N6O3S/c1-2-12-15-14-10(6-4-8-20(14)16-12)19-24(21,22)11-7-3-5-9-13(11)18-23-17-9/h3,5,7,10,19H,2,4,6,8H2,1H3/t10-/m0/s1. The van der Waals surface area contributed by atoms with Gasteiger partial charge in [0, 0.05) is 13.0 Å². The molecule has 0 unspecified atom stereocenters. The van der Waals surface area contributed by atoms with Crippen LogP contribution in [-0.4, -0.2) is 33.5 Å². The van der Waals surface area contributed by atoms with E-state index in [0.29, 0.717) is 24.2 Å². The zero-order valence-electron chi connectivity index (χ0n) is 13.0. The normalized spacial score (nSPS) is 18.0. The van der Waals surface area contributed by atoms with Gasteiger partial charge in [-0.25, -0.2) is 27.4 Å². The van der Waals surface area contributed by atoms with Gasteiger partial charge < -0.3 is 0 Å². The van der Waals surface area contributed by atoms with Crippen molar-refractivity contribution >= 4 is 21.1 Å². The Morgan fingerprint density at radius 2 is 2.25 bits per heavy atom. The second kappa shape index (κ2) is 5.64. The summed E-state index contributed by atoms with van der Waals surface area (Å²) in [6.07, 6.45) is 2.22. The lowest BCUT2D eigenvalue weighted by molar-refractivity contribution is 0.315. The lowest BCUT2D eigenvalue weighted by Gasteiger charge is -2.22. The number of hydrogen-bond acceptors (Lipinski definition) is 7. The molecule has 0 radical (unpaired) electrons. The second-order valence-corrected chi connectivity index (χ2v) is 7.35. The third-order valence-electron chi connectivity index (χ3n) is 4.07. The third kappa shape index (κ3) is 2.47. The van der Waals surface area contributed by atoms with Crippen LogP contribution in [0.1, 0.15) is 37.5 Å². The number of aryl methyl sites for hydroxylation is 2. The highest BCUT2D eigenvalue weighted by atomic mass is 32.2. The molecule has 1 aliphatic heterocycles. The second-order valence-electron chi connectivity index (χ2n) is 5.67. The van der Waals surface area contributed by atoms with E-state index in [9.17, 15) is 8.42 Å². The number of benzene rings is 1. The molecule has 1 aliphatic rings. The van der Waals surface area contributed by atoms with E-state index in [1.54, 1.807) is 16.8 Å². The van der Waals surface area contributed by atoms with E-state index in [-0.39, 0.29) is 10.4 Å². The van der Waals surface area contributed by atoms with Crippen LogP contribution >= 0.6 is 0 Å². The van der Waals surface area contributed by atoms with Gasteiger partial charge in [-0.2, -0.15) is 5.10 Å². The summed E-state index contributed by atoms with van der Waals surface area (Å²) in [5, 5.41) is 11.8. The van der Waals surface area contributed by atoms with Crippen LogP contribution in [0.15, 0.2) is 27.7 Å². The lowest BCUT2D eigenvalue weighted by atomic mass is 10.1. The Balaban J connectivity index is 1.70. The SMILES string of the molecule is CCc1nc2n(n1)CCC[C@@H]2NS(=O)(=O)c1cccc2nonc12. The van der Waals surface area contributed by atoms with Crippen molar-refractivity contribution in [3.8, 4) is 0 Å². The van der Waals surface area contributed by atoms with Crippen LogP contribution in [-0.2, 0) is 23.0 Å². The number of sulfonamides is 1. The van der Waals surface area contributed by atoms with Gasteiger partial charge in [0.05, 0.1) is 6.04 Å². The van der Waals surface area contributed by atoms with Crippen LogP contribution in [0.5, 0.6) is 0 Å². The summed E-state index contributed by atoms with van der Waals surface area (Å²) >= 11 is 0. The van der Waals surface area contributed by atoms with E-state index in [1.807, 2.05) is 6.92 Å². The molecule has 3 heterocycles. The molecule has 0 aliphatic carbocycles. The van der Waals surface area contributed by atoms with Crippen LogP contribution in [0.2, 0.25) is 0 Å². The van der Waals surface area contributed by atoms with E-state index in [4.69, 9.17) is 0 Å². The summed E-state index contributed by atoms with van der Waals surface area (Å²) in [6.45, 7) is 2.72. The molecule has 4 rings (SSSR count). The van der Waals surface area contributed by atoms with Crippen molar-refractivity contribution in [3.63, 3.8) is 0 Å². The van der Waals surface area contributed by atoms with Crippen LogP contribution in [0.3, 0.4) is 0 Å². The molecule has 0 amide bonds. The van der Waals surface area contributed by atoms with E-state index in [1.165, 1.54) is 6.07 Å². The maximum absolute atomic E-state index is 12.8. The third-order valence-corrected chi connectivity index (χ3v) is 5.57. The van der Waals surface area contributed by atoms with E-state index < -0.39 is 16.1 Å². The first-order valence-corrected chi connectivity index (χ1v) is 9.24. The zero-order valence-corrected chi connectivity index (χ0v) is 13.8. The molecule has 0 saturated carbocycles. The Morgan fingerprint density at radius 3 is 3.08 bits per heavy atom. The Kier molecular flexibility index (Phi) is 3.57. The first kappa shape index (κ1) is 15.2. The quantitative estimate of drug-likeness (QED) is 0.753.